The van der Waals surface area contributed by atoms with Gasteiger partial charge >= 0.3 is 5.69 Å². The number of nitrogens with one attached hydrogen (secondary N) is 1. The predicted octanol–water partition coefficient (Wildman–Crippen LogP) is 0.787. The molecule has 0 unspecified atom stereocenters. The maximum absolute atomic E-state index is 11.3. The molecule has 9 nitrogen and oxygen atoms in total. The van der Waals surface area contributed by atoms with E-state index in [0.717, 1.165) is 13.1 Å². The van der Waals surface area contributed by atoms with E-state index in [1.807, 2.05) is 11.9 Å². The first-order chi connectivity index (χ1) is 10.4. The van der Waals surface area contributed by atoms with Crippen molar-refractivity contribution in [1.82, 2.24) is 14.9 Å². The molecule has 9 heteroatoms. The van der Waals surface area contributed by atoms with Crippen molar-refractivity contribution in [3.8, 4) is 0 Å². The third kappa shape index (κ3) is 3.73. The number of hydrogen-bond acceptors (Lipinski definition) is 8. The molecule has 0 spiro atoms. The summed E-state index contributed by atoms with van der Waals surface area (Å²) >= 11 is 0. The zero-order valence-corrected chi connectivity index (χ0v) is 13.2. The van der Waals surface area contributed by atoms with Crippen LogP contribution >= 0.6 is 0 Å². The molecule has 1 aliphatic heterocycles. The highest BCUT2D eigenvalue weighted by Gasteiger charge is 2.28. The third-order valence-corrected chi connectivity index (χ3v) is 3.55. The summed E-state index contributed by atoms with van der Waals surface area (Å²) in [6.45, 7) is 7.81. The van der Waals surface area contributed by atoms with Crippen molar-refractivity contribution in [2.45, 2.75) is 13.8 Å². The molecule has 0 atom stereocenters. The normalized spacial score (nSPS) is 16.1. The van der Waals surface area contributed by atoms with Gasteiger partial charge in [0.05, 0.1) is 4.92 Å². The van der Waals surface area contributed by atoms with Gasteiger partial charge in [-0.15, -0.1) is 0 Å². The van der Waals surface area contributed by atoms with E-state index in [1.54, 1.807) is 0 Å². The fourth-order valence-electron chi connectivity index (χ4n) is 2.25. The number of aromatic nitrogens is 2. The van der Waals surface area contributed by atoms with Crippen LogP contribution in [0.25, 0.3) is 0 Å². The van der Waals surface area contributed by atoms with Crippen molar-refractivity contribution < 1.29 is 4.92 Å². The molecule has 1 saturated heterocycles. The minimum atomic E-state index is -0.505. The van der Waals surface area contributed by atoms with Crippen LogP contribution in [0.3, 0.4) is 0 Å². The van der Waals surface area contributed by atoms with Crippen LogP contribution in [-0.4, -0.2) is 59.6 Å². The van der Waals surface area contributed by atoms with Crippen LogP contribution in [0.2, 0.25) is 0 Å². The summed E-state index contributed by atoms with van der Waals surface area (Å²) in [5, 5.41) is 14.4. The molecular formula is C13H23N7O2. The van der Waals surface area contributed by atoms with Crippen molar-refractivity contribution in [2.24, 2.45) is 5.92 Å². The number of piperazine rings is 1. The molecule has 0 bridgehead atoms. The van der Waals surface area contributed by atoms with E-state index in [4.69, 9.17) is 5.73 Å². The highest BCUT2D eigenvalue weighted by atomic mass is 16.6. The molecule has 0 aliphatic carbocycles. The molecule has 0 aromatic carbocycles. The van der Waals surface area contributed by atoms with Gasteiger partial charge in [0.25, 0.3) is 0 Å². The smallest absolute Gasteiger partial charge is 0.353 e. The van der Waals surface area contributed by atoms with Gasteiger partial charge in [-0.2, -0.15) is 9.97 Å². The molecule has 2 heterocycles. The molecule has 22 heavy (non-hydrogen) atoms. The maximum atomic E-state index is 11.3. The Morgan fingerprint density at radius 2 is 1.95 bits per heavy atom. The minimum absolute atomic E-state index is 0.0971. The molecule has 0 saturated carbocycles. The molecule has 3 N–H and O–H groups in total. The Morgan fingerprint density at radius 3 is 2.50 bits per heavy atom. The van der Waals surface area contributed by atoms with Crippen LogP contribution in [0.4, 0.5) is 23.3 Å². The van der Waals surface area contributed by atoms with Gasteiger partial charge in [0, 0.05) is 32.7 Å². The highest BCUT2D eigenvalue weighted by Crippen LogP contribution is 2.32. The molecule has 1 fully saturated rings. The average Bonchev–Trinajstić information content (AvgIpc) is 2.44. The van der Waals surface area contributed by atoms with Gasteiger partial charge in [-0.1, -0.05) is 13.8 Å². The Hall–Kier alpha value is -2.16. The van der Waals surface area contributed by atoms with Gasteiger partial charge < -0.3 is 20.9 Å². The topological polar surface area (TPSA) is 113 Å². The lowest BCUT2D eigenvalue weighted by atomic mass is 10.2. The number of rotatable bonds is 5. The Bertz CT molecular complexity index is 541. The lowest BCUT2D eigenvalue weighted by Crippen LogP contribution is -2.45. The predicted molar refractivity (Wildman–Crippen MR) is 86.1 cm³/mol. The minimum Gasteiger partial charge on any atom is -0.378 e. The molecule has 122 valence electrons. The largest absolute Gasteiger partial charge is 0.378 e. The highest BCUT2D eigenvalue weighted by molar-refractivity contribution is 5.71. The van der Waals surface area contributed by atoms with Gasteiger partial charge in [0.1, 0.15) is 0 Å². The third-order valence-electron chi connectivity index (χ3n) is 3.55. The fourth-order valence-corrected chi connectivity index (χ4v) is 2.25. The Morgan fingerprint density at radius 1 is 1.32 bits per heavy atom. The van der Waals surface area contributed by atoms with Crippen LogP contribution < -0.4 is 16.0 Å². The number of nitrogen functional groups attached to an aromatic ring is 1. The van der Waals surface area contributed by atoms with Crippen molar-refractivity contribution in [3.63, 3.8) is 0 Å². The lowest BCUT2D eigenvalue weighted by Gasteiger charge is -2.33. The fraction of sp³-hybridized carbons (Fsp3) is 0.692. The molecular weight excluding hydrogens is 286 g/mol. The molecule has 1 aromatic heterocycles. The van der Waals surface area contributed by atoms with Crippen LogP contribution in [0, 0.1) is 16.0 Å². The zero-order chi connectivity index (χ0) is 16.3. The number of nitrogens with two attached hydrogens (primary N) is 1. The lowest BCUT2D eigenvalue weighted by molar-refractivity contribution is -0.383. The summed E-state index contributed by atoms with van der Waals surface area (Å²) in [4.78, 5) is 23.2. The van der Waals surface area contributed by atoms with Crippen LogP contribution in [0.5, 0.6) is 0 Å². The van der Waals surface area contributed by atoms with E-state index in [9.17, 15) is 10.1 Å². The summed E-state index contributed by atoms with van der Waals surface area (Å²) in [7, 11) is 2.02. The number of hydrogen-bond donors (Lipinski definition) is 2. The van der Waals surface area contributed by atoms with Gasteiger partial charge in [-0.3, -0.25) is 10.1 Å². The van der Waals surface area contributed by atoms with E-state index in [-0.39, 0.29) is 11.5 Å². The van der Waals surface area contributed by atoms with Crippen LogP contribution in [-0.2, 0) is 0 Å². The second-order valence-electron chi connectivity index (χ2n) is 5.93. The summed E-state index contributed by atoms with van der Waals surface area (Å²) in [6.07, 6.45) is 0. The summed E-state index contributed by atoms with van der Waals surface area (Å²) in [5.41, 5.74) is 5.58. The van der Waals surface area contributed by atoms with E-state index >= 15 is 0 Å². The maximum Gasteiger partial charge on any atom is 0.353 e. The van der Waals surface area contributed by atoms with E-state index in [1.165, 1.54) is 0 Å². The first kappa shape index (κ1) is 16.2. The first-order valence-corrected chi connectivity index (χ1v) is 7.37. The van der Waals surface area contributed by atoms with Gasteiger partial charge in [0.15, 0.2) is 0 Å². The second-order valence-corrected chi connectivity index (χ2v) is 5.93. The number of likely N-dealkylation sites (N-methyl/N-ethyl adjacent to an activating group) is 1. The van der Waals surface area contributed by atoms with E-state index < -0.39 is 4.92 Å². The van der Waals surface area contributed by atoms with E-state index in [0.29, 0.717) is 37.3 Å². The van der Waals surface area contributed by atoms with Crippen molar-refractivity contribution >= 4 is 23.3 Å². The van der Waals surface area contributed by atoms with Crippen LogP contribution in [0.15, 0.2) is 0 Å². The molecule has 2 rings (SSSR count). The average molecular weight is 309 g/mol. The van der Waals surface area contributed by atoms with Gasteiger partial charge in [0.2, 0.25) is 17.6 Å². The molecule has 1 aliphatic rings. The quantitative estimate of drug-likeness (QED) is 0.606. The SMILES string of the molecule is CC(C)CNc1nc(N)c([N+](=O)[O-])c(N2CCN(C)CC2)n1. The zero-order valence-electron chi connectivity index (χ0n) is 13.2. The van der Waals surface area contributed by atoms with Crippen molar-refractivity contribution in [1.29, 1.82) is 0 Å². The van der Waals surface area contributed by atoms with Crippen molar-refractivity contribution in [2.75, 3.05) is 55.7 Å². The molecule has 0 amide bonds. The summed E-state index contributed by atoms with van der Waals surface area (Å²) in [5.74, 6) is 0.954. The number of nitrogens with zero attached hydrogens (tertiary/aromatic N) is 5. The Balaban J connectivity index is 2.33. The van der Waals surface area contributed by atoms with Crippen LogP contribution in [0.1, 0.15) is 13.8 Å². The first-order valence-electron chi connectivity index (χ1n) is 7.37. The number of anilines is 3. The molecule has 1 aromatic rings. The second kappa shape index (κ2) is 6.73. The van der Waals surface area contributed by atoms with Crippen molar-refractivity contribution in [3.05, 3.63) is 10.1 Å². The van der Waals surface area contributed by atoms with Gasteiger partial charge in [-0.05, 0) is 13.0 Å². The summed E-state index contributed by atoms with van der Waals surface area (Å²) in [6, 6.07) is 0. The Kier molecular flexibility index (Phi) is 4.96. The Labute approximate surface area is 129 Å². The monoisotopic (exact) mass is 309 g/mol. The van der Waals surface area contributed by atoms with E-state index in [2.05, 4.69) is 34.0 Å². The molecule has 0 radical (unpaired) electrons. The van der Waals surface area contributed by atoms with Gasteiger partial charge in [-0.25, -0.2) is 0 Å². The standard InChI is InChI=1S/C13H23N7O2/c1-9(2)8-15-13-16-11(14)10(20(21)22)12(17-13)19-6-4-18(3)5-7-19/h9H,4-8H2,1-3H3,(H3,14,15,16,17). The summed E-state index contributed by atoms with van der Waals surface area (Å²) < 4.78 is 0. The number of nitro groups is 1.